The molecule has 0 aliphatic heterocycles. The minimum absolute atomic E-state index is 0.0860. The summed E-state index contributed by atoms with van der Waals surface area (Å²) < 4.78 is 13.3. The third-order valence-electron chi connectivity index (χ3n) is 2.04. The van der Waals surface area contributed by atoms with Crippen LogP contribution in [0.15, 0.2) is 24.5 Å². The number of nitriles is 1. The first-order valence-electron chi connectivity index (χ1n) is 4.36. The number of hydrogen-bond acceptors (Lipinski definition) is 2. The SMILES string of the molecule is C=C/C(F)=C(/C#N)c1cc(C(=O)O)[nH]c1C. The fraction of sp³-hybridized carbons (Fsp3) is 0.0909. The van der Waals surface area contributed by atoms with Crippen LogP contribution in [0.5, 0.6) is 0 Å². The van der Waals surface area contributed by atoms with E-state index in [2.05, 4.69) is 11.6 Å². The molecule has 2 N–H and O–H groups in total. The zero-order valence-electron chi connectivity index (χ0n) is 8.54. The molecule has 1 aromatic rings. The lowest BCUT2D eigenvalue weighted by molar-refractivity contribution is 0.0691. The van der Waals surface area contributed by atoms with E-state index in [1.807, 2.05) is 0 Å². The third-order valence-corrected chi connectivity index (χ3v) is 2.04. The predicted molar refractivity (Wildman–Crippen MR) is 56.3 cm³/mol. The number of rotatable bonds is 3. The van der Waals surface area contributed by atoms with E-state index in [1.54, 1.807) is 13.0 Å². The molecule has 0 aromatic carbocycles. The van der Waals surface area contributed by atoms with E-state index in [9.17, 15) is 9.18 Å². The Morgan fingerprint density at radius 3 is 2.75 bits per heavy atom. The number of nitrogens with one attached hydrogen (secondary N) is 1. The van der Waals surface area contributed by atoms with Crippen LogP contribution in [0.4, 0.5) is 4.39 Å². The summed E-state index contributed by atoms with van der Waals surface area (Å²) in [6.07, 6.45) is 0.908. The van der Waals surface area contributed by atoms with Crippen molar-refractivity contribution in [3.63, 3.8) is 0 Å². The van der Waals surface area contributed by atoms with Crippen LogP contribution in [0.25, 0.3) is 5.57 Å². The number of aromatic nitrogens is 1. The van der Waals surface area contributed by atoms with Crippen molar-refractivity contribution in [2.24, 2.45) is 0 Å². The Hall–Kier alpha value is -2.35. The zero-order chi connectivity index (χ0) is 12.3. The molecule has 0 saturated carbocycles. The van der Waals surface area contributed by atoms with Crippen LogP contribution in [-0.2, 0) is 0 Å². The van der Waals surface area contributed by atoms with Gasteiger partial charge in [-0.2, -0.15) is 5.26 Å². The van der Waals surface area contributed by atoms with Crippen molar-refractivity contribution in [3.8, 4) is 6.07 Å². The Morgan fingerprint density at radius 2 is 2.38 bits per heavy atom. The molecule has 0 radical (unpaired) electrons. The second-order valence-electron chi connectivity index (χ2n) is 3.07. The highest BCUT2D eigenvalue weighted by atomic mass is 19.1. The van der Waals surface area contributed by atoms with Gasteiger partial charge in [0.2, 0.25) is 0 Å². The lowest BCUT2D eigenvalue weighted by Crippen LogP contribution is -1.95. The molecule has 0 bridgehead atoms. The van der Waals surface area contributed by atoms with Gasteiger partial charge < -0.3 is 10.1 Å². The molecule has 0 saturated heterocycles. The highest BCUT2D eigenvalue weighted by Gasteiger charge is 2.15. The van der Waals surface area contributed by atoms with Crippen LogP contribution in [0.1, 0.15) is 21.7 Å². The molecule has 82 valence electrons. The van der Waals surface area contributed by atoms with Crippen LogP contribution in [0, 0.1) is 18.3 Å². The average Bonchev–Trinajstić information content (AvgIpc) is 2.62. The molecule has 5 heteroatoms. The number of H-pyrrole nitrogens is 1. The van der Waals surface area contributed by atoms with Gasteiger partial charge in [0.25, 0.3) is 0 Å². The van der Waals surface area contributed by atoms with Gasteiger partial charge in [0.1, 0.15) is 17.6 Å². The highest BCUT2D eigenvalue weighted by molar-refractivity contribution is 5.90. The van der Waals surface area contributed by atoms with Gasteiger partial charge >= 0.3 is 5.97 Å². The predicted octanol–water partition coefficient (Wildman–Crippen LogP) is 2.41. The summed E-state index contributed by atoms with van der Waals surface area (Å²) >= 11 is 0. The molecule has 1 heterocycles. The Kier molecular flexibility index (Phi) is 3.26. The first-order chi connectivity index (χ1) is 7.51. The summed E-state index contributed by atoms with van der Waals surface area (Å²) in [5.41, 5.74) is 0.344. The fourth-order valence-corrected chi connectivity index (χ4v) is 1.28. The van der Waals surface area contributed by atoms with E-state index in [4.69, 9.17) is 10.4 Å². The van der Waals surface area contributed by atoms with Gasteiger partial charge in [0.05, 0.1) is 5.57 Å². The van der Waals surface area contributed by atoms with Gasteiger partial charge in [-0.05, 0) is 19.1 Å². The number of hydrogen-bond donors (Lipinski definition) is 2. The molecule has 1 rings (SSSR count). The van der Waals surface area contributed by atoms with Gasteiger partial charge in [0, 0.05) is 11.3 Å². The second kappa shape index (κ2) is 4.45. The van der Waals surface area contributed by atoms with E-state index in [0.717, 1.165) is 6.08 Å². The molecule has 16 heavy (non-hydrogen) atoms. The third kappa shape index (κ3) is 2.01. The standard InChI is InChI=1S/C11H9FN2O2/c1-3-9(12)8(5-13)7-4-10(11(15)16)14-6(7)2/h3-4,14H,1H2,2H3,(H,15,16)/b9-8+. The molecule has 0 fully saturated rings. The van der Waals surface area contributed by atoms with Crippen molar-refractivity contribution in [2.75, 3.05) is 0 Å². The van der Waals surface area contributed by atoms with E-state index in [1.165, 1.54) is 6.07 Å². The summed E-state index contributed by atoms with van der Waals surface area (Å²) in [5, 5.41) is 17.5. The maximum absolute atomic E-state index is 13.3. The molecular formula is C11H9FN2O2. The topological polar surface area (TPSA) is 76.9 Å². The molecule has 4 nitrogen and oxygen atoms in total. The van der Waals surface area contributed by atoms with Gasteiger partial charge in [-0.1, -0.05) is 6.58 Å². The molecule has 0 unspecified atom stereocenters. The number of carboxylic acids is 1. The normalized spacial score (nSPS) is 11.6. The molecular weight excluding hydrogens is 211 g/mol. The summed E-state index contributed by atoms with van der Waals surface area (Å²) in [6, 6.07) is 2.90. The van der Waals surface area contributed by atoms with Crippen molar-refractivity contribution in [3.05, 3.63) is 41.5 Å². The first-order valence-corrected chi connectivity index (χ1v) is 4.36. The number of aromatic carboxylic acids is 1. The molecule has 0 aliphatic rings. The zero-order valence-corrected chi connectivity index (χ0v) is 8.54. The Balaban J connectivity index is 3.39. The Bertz CT molecular complexity index is 521. The summed E-state index contributed by atoms with van der Waals surface area (Å²) in [6.45, 7) is 4.78. The minimum atomic E-state index is -1.16. The van der Waals surface area contributed by atoms with Crippen molar-refractivity contribution >= 4 is 11.5 Å². The second-order valence-corrected chi connectivity index (χ2v) is 3.07. The molecule has 1 aromatic heterocycles. The van der Waals surface area contributed by atoms with Crippen LogP contribution in [-0.4, -0.2) is 16.1 Å². The largest absolute Gasteiger partial charge is 0.477 e. The molecule has 0 atom stereocenters. The van der Waals surface area contributed by atoms with Crippen molar-refractivity contribution in [2.45, 2.75) is 6.92 Å². The first kappa shape index (κ1) is 11.7. The van der Waals surface area contributed by atoms with Gasteiger partial charge in [0.15, 0.2) is 0 Å². The lowest BCUT2D eigenvalue weighted by Gasteiger charge is -1.96. The van der Waals surface area contributed by atoms with Crippen molar-refractivity contribution in [1.29, 1.82) is 5.26 Å². The lowest BCUT2D eigenvalue weighted by atomic mass is 10.1. The molecule has 0 aliphatic carbocycles. The number of carboxylic acid groups (broad SMARTS) is 1. The molecule has 0 spiro atoms. The highest BCUT2D eigenvalue weighted by Crippen LogP contribution is 2.24. The number of aromatic amines is 1. The van der Waals surface area contributed by atoms with Crippen LogP contribution >= 0.6 is 0 Å². The summed E-state index contributed by atoms with van der Waals surface area (Å²) in [7, 11) is 0. The Morgan fingerprint density at radius 1 is 1.75 bits per heavy atom. The fourth-order valence-electron chi connectivity index (χ4n) is 1.28. The van der Waals surface area contributed by atoms with E-state index < -0.39 is 11.8 Å². The monoisotopic (exact) mass is 220 g/mol. The quantitative estimate of drug-likeness (QED) is 0.606. The maximum Gasteiger partial charge on any atom is 0.352 e. The van der Waals surface area contributed by atoms with Gasteiger partial charge in [-0.3, -0.25) is 0 Å². The van der Waals surface area contributed by atoms with E-state index in [-0.39, 0.29) is 16.8 Å². The summed E-state index contributed by atoms with van der Waals surface area (Å²) in [4.78, 5) is 13.2. The average molecular weight is 220 g/mol. The van der Waals surface area contributed by atoms with Crippen molar-refractivity contribution < 1.29 is 14.3 Å². The number of carbonyl (C=O) groups is 1. The van der Waals surface area contributed by atoms with E-state index >= 15 is 0 Å². The maximum atomic E-state index is 13.3. The number of allylic oxidation sites excluding steroid dienone is 3. The smallest absolute Gasteiger partial charge is 0.352 e. The van der Waals surface area contributed by atoms with Gasteiger partial charge in [-0.25, -0.2) is 9.18 Å². The van der Waals surface area contributed by atoms with Crippen LogP contribution in [0.2, 0.25) is 0 Å². The number of aryl methyl sites for hydroxylation is 1. The molecule has 0 amide bonds. The van der Waals surface area contributed by atoms with E-state index in [0.29, 0.717) is 5.69 Å². The Labute approximate surface area is 91.3 Å². The summed E-state index contributed by atoms with van der Waals surface area (Å²) in [5.74, 6) is -1.94. The number of nitrogens with zero attached hydrogens (tertiary/aromatic N) is 1. The minimum Gasteiger partial charge on any atom is -0.477 e. The van der Waals surface area contributed by atoms with Crippen LogP contribution in [0.3, 0.4) is 0 Å². The van der Waals surface area contributed by atoms with Crippen molar-refractivity contribution in [1.82, 2.24) is 4.98 Å². The number of halogens is 1. The van der Waals surface area contributed by atoms with Gasteiger partial charge in [-0.15, -0.1) is 0 Å². The van der Waals surface area contributed by atoms with Crippen LogP contribution < -0.4 is 0 Å².